The molecule has 26 heavy (non-hydrogen) atoms. The molecule has 1 saturated heterocycles. The molecule has 1 fully saturated rings. The average molecular weight is 452 g/mol. The van der Waals surface area contributed by atoms with Gasteiger partial charge in [0.05, 0.1) is 4.47 Å². The number of thiocarbonyl (C=S) groups is 1. The Labute approximate surface area is 168 Å². The number of hydrogen-bond donors (Lipinski definition) is 2. The van der Waals surface area contributed by atoms with Crippen molar-refractivity contribution in [3.63, 3.8) is 0 Å². The molecule has 1 aliphatic rings. The topological polar surface area (TPSA) is 67.4 Å². The summed E-state index contributed by atoms with van der Waals surface area (Å²) in [6.07, 6.45) is 1.48. The Hall–Kier alpha value is -2.22. The van der Waals surface area contributed by atoms with Crippen LogP contribution < -0.4 is 15.4 Å². The molecule has 0 bridgehead atoms. The highest BCUT2D eigenvalue weighted by Crippen LogP contribution is 2.28. The number of halogens is 2. The van der Waals surface area contributed by atoms with E-state index in [9.17, 15) is 9.59 Å². The molecule has 8 heteroatoms. The summed E-state index contributed by atoms with van der Waals surface area (Å²) in [6.45, 7) is 0.363. The Morgan fingerprint density at radius 1 is 1.12 bits per heavy atom. The van der Waals surface area contributed by atoms with Crippen molar-refractivity contribution in [2.45, 2.75) is 6.61 Å². The van der Waals surface area contributed by atoms with Gasteiger partial charge >= 0.3 is 0 Å². The van der Waals surface area contributed by atoms with Gasteiger partial charge in [-0.3, -0.25) is 20.2 Å². The van der Waals surface area contributed by atoms with E-state index in [-0.39, 0.29) is 10.7 Å². The van der Waals surface area contributed by atoms with Crippen LogP contribution in [0.25, 0.3) is 6.08 Å². The van der Waals surface area contributed by atoms with Gasteiger partial charge in [-0.05, 0) is 69.6 Å². The fraction of sp³-hybridized carbons (Fsp3) is 0.0556. The van der Waals surface area contributed by atoms with Gasteiger partial charge in [-0.25, -0.2) is 0 Å². The van der Waals surface area contributed by atoms with E-state index in [0.29, 0.717) is 27.4 Å². The minimum absolute atomic E-state index is 0.00286. The maximum atomic E-state index is 11.9. The van der Waals surface area contributed by atoms with Gasteiger partial charge in [-0.2, -0.15) is 0 Å². The summed E-state index contributed by atoms with van der Waals surface area (Å²) in [7, 11) is 0. The largest absolute Gasteiger partial charge is 0.488 e. The van der Waals surface area contributed by atoms with E-state index in [0.717, 1.165) is 5.56 Å². The third-order valence-corrected chi connectivity index (χ3v) is 4.55. The second kappa shape index (κ2) is 7.99. The van der Waals surface area contributed by atoms with Gasteiger partial charge in [0.25, 0.3) is 11.8 Å². The van der Waals surface area contributed by atoms with E-state index in [2.05, 4.69) is 26.6 Å². The van der Waals surface area contributed by atoms with E-state index in [1.54, 1.807) is 24.3 Å². The van der Waals surface area contributed by atoms with Crippen molar-refractivity contribution in [2.75, 3.05) is 0 Å². The first kappa shape index (κ1) is 18.6. The van der Waals surface area contributed by atoms with Crippen LogP contribution in [0.5, 0.6) is 5.75 Å². The van der Waals surface area contributed by atoms with Crippen molar-refractivity contribution in [2.24, 2.45) is 0 Å². The summed E-state index contributed by atoms with van der Waals surface area (Å²) < 4.78 is 6.47. The molecule has 0 aromatic heterocycles. The molecule has 0 radical (unpaired) electrons. The maximum absolute atomic E-state index is 11.9. The zero-order valence-corrected chi connectivity index (χ0v) is 16.4. The molecule has 0 unspecified atom stereocenters. The zero-order valence-electron chi connectivity index (χ0n) is 13.2. The van der Waals surface area contributed by atoms with Crippen LogP contribution in [-0.4, -0.2) is 16.9 Å². The number of carbonyl (C=O) groups excluding carboxylic acids is 2. The van der Waals surface area contributed by atoms with Gasteiger partial charge in [0.15, 0.2) is 5.11 Å². The molecule has 0 saturated carbocycles. The van der Waals surface area contributed by atoms with Crippen LogP contribution in [0, 0.1) is 0 Å². The third-order valence-electron chi connectivity index (χ3n) is 3.49. The first-order valence-corrected chi connectivity index (χ1v) is 9.05. The Bertz CT molecular complexity index is 924. The molecular weight excluding hydrogens is 440 g/mol. The number of benzene rings is 2. The highest BCUT2D eigenvalue weighted by atomic mass is 79.9. The van der Waals surface area contributed by atoms with Crippen LogP contribution in [0.2, 0.25) is 5.02 Å². The van der Waals surface area contributed by atoms with Crippen LogP contribution in [-0.2, 0) is 16.2 Å². The molecule has 0 aliphatic carbocycles. The smallest absolute Gasteiger partial charge is 0.263 e. The van der Waals surface area contributed by atoms with Crippen LogP contribution in [0.15, 0.2) is 52.5 Å². The number of ether oxygens (including phenoxy) is 1. The standard InChI is InChI=1S/C18H12BrClN2O3S/c19-14-8-10(7-13-16(23)21-18(26)22-17(13)24)4-5-15(14)25-9-11-2-1-3-12(20)6-11/h1-8H,9H2,(H2,21,22,23,24,26). The van der Waals surface area contributed by atoms with E-state index in [4.69, 9.17) is 28.6 Å². The second-order valence-electron chi connectivity index (χ2n) is 5.40. The highest BCUT2D eigenvalue weighted by molar-refractivity contribution is 9.10. The lowest BCUT2D eigenvalue weighted by Gasteiger charge is -2.16. The number of carbonyl (C=O) groups is 2. The molecule has 0 atom stereocenters. The van der Waals surface area contributed by atoms with Crippen molar-refractivity contribution in [3.05, 3.63) is 68.7 Å². The predicted molar refractivity (Wildman–Crippen MR) is 107 cm³/mol. The molecule has 132 valence electrons. The molecule has 3 rings (SSSR count). The van der Waals surface area contributed by atoms with Crippen LogP contribution in [0.1, 0.15) is 11.1 Å². The van der Waals surface area contributed by atoms with E-state index >= 15 is 0 Å². The van der Waals surface area contributed by atoms with Crippen molar-refractivity contribution < 1.29 is 14.3 Å². The summed E-state index contributed by atoms with van der Waals surface area (Å²) in [4.78, 5) is 23.8. The summed E-state index contributed by atoms with van der Waals surface area (Å²) in [5.74, 6) is -0.432. The Kier molecular flexibility index (Phi) is 5.70. The van der Waals surface area contributed by atoms with Crippen molar-refractivity contribution in [1.82, 2.24) is 10.6 Å². The SMILES string of the molecule is O=C1NC(=S)NC(=O)C1=Cc1ccc(OCc2cccc(Cl)c2)c(Br)c1. The normalized spacial score (nSPS) is 13.9. The minimum Gasteiger partial charge on any atom is -0.488 e. The molecular formula is C18H12BrClN2O3S. The molecule has 1 heterocycles. The molecule has 0 spiro atoms. The maximum Gasteiger partial charge on any atom is 0.263 e. The molecule has 2 aromatic rings. The van der Waals surface area contributed by atoms with Gasteiger partial charge in [0.1, 0.15) is 17.9 Å². The summed E-state index contributed by atoms with van der Waals surface area (Å²) in [5.41, 5.74) is 1.60. The average Bonchev–Trinajstić information content (AvgIpc) is 2.57. The van der Waals surface area contributed by atoms with Gasteiger partial charge in [0.2, 0.25) is 0 Å². The lowest BCUT2D eigenvalue weighted by atomic mass is 10.1. The number of amides is 2. The summed E-state index contributed by atoms with van der Waals surface area (Å²) in [5, 5.41) is 5.44. The van der Waals surface area contributed by atoms with E-state index < -0.39 is 11.8 Å². The van der Waals surface area contributed by atoms with Crippen molar-refractivity contribution in [3.8, 4) is 5.75 Å². The molecule has 1 aliphatic heterocycles. The zero-order chi connectivity index (χ0) is 18.7. The van der Waals surface area contributed by atoms with Gasteiger partial charge < -0.3 is 4.74 Å². The highest BCUT2D eigenvalue weighted by Gasteiger charge is 2.25. The summed E-state index contributed by atoms with van der Waals surface area (Å²) >= 11 is 14.2. The predicted octanol–water partition coefficient (Wildman–Crippen LogP) is 3.60. The lowest BCUT2D eigenvalue weighted by molar-refractivity contribution is -0.123. The second-order valence-corrected chi connectivity index (χ2v) is 7.10. The Morgan fingerprint density at radius 3 is 2.50 bits per heavy atom. The fourth-order valence-corrected chi connectivity index (χ4v) is 3.19. The molecule has 2 amide bonds. The van der Waals surface area contributed by atoms with Crippen molar-refractivity contribution >= 4 is 62.8 Å². The van der Waals surface area contributed by atoms with Crippen LogP contribution in [0.4, 0.5) is 0 Å². The van der Waals surface area contributed by atoms with Crippen LogP contribution in [0.3, 0.4) is 0 Å². The molecule has 5 nitrogen and oxygen atoms in total. The number of nitrogens with one attached hydrogen (secondary N) is 2. The quantitative estimate of drug-likeness (QED) is 0.423. The van der Waals surface area contributed by atoms with E-state index in [1.807, 2.05) is 18.2 Å². The third kappa shape index (κ3) is 4.49. The monoisotopic (exact) mass is 450 g/mol. The fourth-order valence-electron chi connectivity index (χ4n) is 2.28. The van der Waals surface area contributed by atoms with Gasteiger partial charge in [-0.15, -0.1) is 0 Å². The van der Waals surface area contributed by atoms with Gasteiger partial charge in [-0.1, -0.05) is 29.8 Å². The first-order valence-electron chi connectivity index (χ1n) is 7.47. The first-order chi connectivity index (χ1) is 12.4. The minimum atomic E-state index is -0.531. The number of rotatable bonds is 4. The molecule has 2 N–H and O–H groups in total. The van der Waals surface area contributed by atoms with Gasteiger partial charge in [0, 0.05) is 5.02 Å². The summed E-state index contributed by atoms with van der Waals surface area (Å²) in [6, 6.07) is 12.7. The number of hydrogen-bond acceptors (Lipinski definition) is 4. The molecule has 2 aromatic carbocycles. The Balaban J connectivity index is 1.75. The Morgan fingerprint density at radius 2 is 1.85 bits per heavy atom. The van der Waals surface area contributed by atoms with Crippen molar-refractivity contribution in [1.29, 1.82) is 0 Å². The van der Waals surface area contributed by atoms with Crippen LogP contribution >= 0.6 is 39.7 Å². The lowest BCUT2D eigenvalue weighted by Crippen LogP contribution is -2.51. The van der Waals surface area contributed by atoms with E-state index in [1.165, 1.54) is 6.08 Å².